The molecule has 1 fully saturated rings. The number of hydrogen-bond donors (Lipinski definition) is 2. The van der Waals surface area contributed by atoms with Gasteiger partial charge in [-0.15, -0.1) is 0 Å². The Kier molecular flexibility index (Phi) is 5.24. The number of aliphatic hydroxyl groups is 1. The molecule has 0 aliphatic heterocycles. The molecule has 1 aliphatic rings. The molecule has 1 saturated carbocycles. The molecule has 1 aromatic rings. The Hall–Kier alpha value is -1.11. The molecular formula is C15H23NO4S. The molecule has 1 aromatic carbocycles. The van der Waals surface area contributed by atoms with Gasteiger partial charge < -0.3 is 9.84 Å². The molecule has 2 unspecified atom stereocenters. The number of methoxy groups -OCH3 is 1. The lowest BCUT2D eigenvalue weighted by Gasteiger charge is -2.18. The van der Waals surface area contributed by atoms with Crippen molar-refractivity contribution in [2.75, 3.05) is 20.3 Å². The Balaban J connectivity index is 2.13. The van der Waals surface area contributed by atoms with E-state index in [2.05, 4.69) is 4.72 Å². The molecule has 2 rings (SSSR count). The van der Waals surface area contributed by atoms with Crippen molar-refractivity contribution in [2.45, 2.75) is 31.1 Å². The van der Waals surface area contributed by atoms with Gasteiger partial charge in [0.1, 0.15) is 10.6 Å². The highest BCUT2D eigenvalue weighted by molar-refractivity contribution is 7.89. The van der Waals surface area contributed by atoms with E-state index < -0.39 is 10.0 Å². The van der Waals surface area contributed by atoms with Crippen molar-refractivity contribution < 1.29 is 18.3 Å². The van der Waals surface area contributed by atoms with Crippen LogP contribution in [0.5, 0.6) is 5.75 Å². The Morgan fingerprint density at radius 2 is 2.05 bits per heavy atom. The first-order valence-corrected chi connectivity index (χ1v) is 8.71. The summed E-state index contributed by atoms with van der Waals surface area (Å²) in [5, 5.41) is 9.30. The van der Waals surface area contributed by atoms with Gasteiger partial charge in [0.25, 0.3) is 0 Å². The summed E-state index contributed by atoms with van der Waals surface area (Å²) in [6.07, 6.45) is 2.97. The van der Waals surface area contributed by atoms with E-state index in [1.54, 1.807) is 12.1 Å². The van der Waals surface area contributed by atoms with Crippen molar-refractivity contribution in [3.8, 4) is 5.75 Å². The van der Waals surface area contributed by atoms with Crippen LogP contribution in [0, 0.1) is 18.8 Å². The molecule has 0 spiro atoms. The highest BCUT2D eigenvalue weighted by Crippen LogP contribution is 2.31. The van der Waals surface area contributed by atoms with E-state index in [1.165, 1.54) is 7.11 Å². The number of rotatable bonds is 6. The molecule has 2 atom stereocenters. The summed E-state index contributed by atoms with van der Waals surface area (Å²) in [7, 11) is -2.14. The van der Waals surface area contributed by atoms with Crippen LogP contribution in [0.15, 0.2) is 23.1 Å². The van der Waals surface area contributed by atoms with Crippen molar-refractivity contribution in [3.05, 3.63) is 23.8 Å². The topological polar surface area (TPSA) is 75.6 Å². The summed E-state index contributed by atoms with van der Waals surface area (Å²) in [6, 6.07) is 5.09. The monoisotopic (exact) mass is 313 g/mol. The fourth-order valence-electron chi connectivity index (χ4n) is 2.91. The molecule has 0 heterocycles. The lowest BCUT2D eigenvalue weighted by molar-refractivity contribution is 0.195. The van der Waals surface area contributed by atoms with E-state index in [9.17, 15) is 13.5 Å². The smallest absolute Gasteiger partial charge is 0.244 e. The zero-order chi connectivity index (χ0) is 15.5. The zero-order valence-electron chi connectivity index (χ0n) is 12.5. The molecule has 5 nitrogen and oxygen atoms in total. The minimum absolute atomic E-state index is 0.125. The van der Waals surface area contributed by atoms with Crippen LogP contribution < -0.4 is 9.46 Å². The van der Waals surface area contributed by atoms with Crippen molar-refractivity contribution >= 4 is 10.0 Å². The average molecular weight is 313 g/mol. The van der Waals surface area contributed by atoms with Gasteiger partial charge in [-0.05, 0) is 49.3 Å². The second-order valence-corrected chi connectivity index (χ2v) is 7.38. The lowest BCUT2D eigenvalue weighted by atomic mass is 9.97. The highest BCUT2D eigenvalue weighted by Gasteiger charge is 2.28. The molecule has 6 heteroatoms. The third-order valence-corrected chi connectivity index (χ3v) is 5.64. The van der Waals surface area contributed by atoms with E-state index in [1.807, 2.05) is 13.0 Å². The third kappa shape index (κ3) is 3.75. The second-order valence-electron chi connectivity index (χ2n) is 5.64. The van der Waals surface area contributed by atoms with Crippen LogP contribution in [0.1, 0.15) is 24.8 Å². The van der Waals surface area contributed by atoms with Gasteiger partial charge in [-0.25, -0.2) is 13.1 Å². The van der Waals surface area contributed by atoms with Crippen LogP contribution in [0.3, 0.4) is 0 Å². The molecule has 118 valence electrons. The minimum Gasteiger partial charge on any atom is -0.495 e. The molecule has 1 aliphatic carbocycles. The molecule has 0 aromatic heterocycles. The summed E-state index contributed by atoms with van der Waals surface area (Å²) in [4.78, 5) is 0.170. The number of nitrogens with one attached hydrogen (secondary N) is 1. The predicted molar refractivity (Wildman–Crippen MR) is 80.8 cm³/mol. The first-order valence-electron chi connectivity index (χ1n) is 7.23. The Bertz CT molecular complexity index is 585. The number of benzene rings is 1. The van der Waals surface area contributed by atoms with Crippen molar-refractivity contribution in [2.24, 2.45) is 11.8 Å². The first kappa shape index (κ1) is 16.3. The number of aryl methyl sites for hydroxylation is 1. The second kappa shape index (κ2) is 6.77. The van der Waals surface area contributed by atoms with Crippen LogP contribution in [-0.2, 0) is 10.0 Å². The van der Waals surface area contributed by atoms with Gasteiger partial charge in [0, 0.05) is 13.2 Å². The van der Waals surface area contributed by atoms with E-state index in [0.29, 0.717) is 12.3 Å². The van der Waals surface area contributed by atoms with Gasteiger partial charge in [-0.1, -0.05) is 12.5 Å². The summed E-state index contributed by atoms with van der Waals surface area (Å²) in [6.45, 7) is 2.34. The van der Waals surface area contributed by atoms with Crippen molar-refractivity contribution in [1.82, 2.24) is 4.72 Å². The van der Waals surface area contributed by atoms with Gasteiger partial charge >= 0.3 is 0 Å². The Labute approximate surface area is 126 Å². The quantitative estimate of drug-likeness (QED) is 0.838. The fourth-order valence-corrected chi connectivity index (χ4v) is 4.26. The molecule has 0 amide bonds. The fraction of sp³-hybridized carbons (Fsp3) is 0.600. The SMILES string of the molecule is COc1ccc(C)cc1S(=O)(=O)NCC1CCCC1CO. The van der Waals surface area contributed by atoms with Crippen LogP contribution in [0.4, 0.5) is 0 Å². The molecule has 0 radical (unpaired) electrons. The van der Waals surface area contributed by atoms with Crippen molar-refractivity contribution in [3.63, 3.8) is 0 Å². The largest absolute Gasteiger partial charge is 0.495 e. The van der Waals surface area contributed by atoms with Gasteiger partial charge in [0.15, 0.2) is 0 Å². The Morgan fingerprint density at radius 3 is 2.71 bits per heavy atom. The third-order valence-electron chi connectivity index (χ3n) is 4.20. The van der Waals surface area contributed by atoms with Crippen LogP contribution in [0.2, 0.25) is 0 Å². The number of aliphatic hydroxyl groups excluding tert-OH is 1. The van der Waals surface area contributed by atoms with Gasteiger partial charge in [0.05, 0.1) is 7.11 Å². The van der Waals surface area contributed by atoms with Gasteiger partial charge in [-0.2, -0.15) is 0 Å². The maximum Gasteiger partial charge on any atom is 0.244 e. The van der Waals surface area contributed by atoms with E-state index in [4.69, 9.17) is 4.74 Å². The molecule has 0 saturated heterocycles. The maximum atomic E-state index is 12.5. The number of ether oxygens (including phenoxy) is 1. The van der Waals surface area contributed by atoms with E-state index >= 15 is 0 Å². The van der Waals surface area contributed by atoms with E-state index in [-0.39, 0.29) is 23.3 Å². The van der Waals surface area contributed by atoms with Crippen molar-refractivity contribution in [1.29, 1.82) is 0 Å². The maximum absolute atomic E-state index is 12.5. The van der Waals surface area contributed by atoms with Gasteiger partial charge in [-0.3, -0.25) is 0 Å². The lowest BCUT2D eigenvalue weighted by Crippen LogP contribution is -2.32. The predicted octanol–water partition coefficient (Wildman–Crippen LogP) is 1.69. The highest BCUT2D eigenvalue weighted by atomic mass is 32.2. The first-order chi connectivity index (χ1) is 9.97. The Morgan fingerprint density at radius 1 is 1.33 bits per heavy atom. The average Bonchev–Trinajstić information content (AvgIpc) is 2.92. The number of sulfonamides is 1. The van der Waals surface area contributed by atoms with Crippen LogP contribution in [-0.4, -0.2) is 33.8 Å². The minimum atomic E-state index is -3.60. The molecule has 21 heavy (non-hydrogen) atoms. The van der Waals surface area contributed by atoms with Crippen LogP contribution in [0.25, 0.3) is 0 Å². The normalized spacial score (nSPS) is 22.4. The van der Waals surface area contributed by atoms with Gasteiger partial charge in [0.2, 0.25) is 10.0 Å². The standard InChI is InChI=1S/C15H23NO4S/c1-11-6-7-14(20-2)15(8-11)21(18,19)16-9-12-4-3-5-13(12)10-17/h6-8,12-13,16-17H,3-5,9-10H2,1-2H3. The zero-order valence-corrected chi connectivity index (χ0v) is 13.3. The molecular weight excluding hydrogens is 290 g/mol. The summed E-state index contributed by atoms with van der Waals surface area (Å²) in [5.74, 6) is 0.755. The van der Waals surface area contributed by atoms with Crippen LogP contribution >= 0.6 is 0 Å². The summed E-state index contributed by atoms with van der Waals surface area (Å²) >= 11 is 0. The summed E-state index contributed by atoms with van der Waals surface area (Å²) < 4.78 is 32.7. The molecule has 0 bridgehead atoms. The molecule has 2 N–H and O–H groups in total. The number of hydrogen-bond acceptors (Lipinski definition) is 4. The van der Waals surface area contributed by atoms with E-state index in [0.717, 1.165) is 24.8 Å². The summed E-state index contributed by atoms with van der Waals surface area (Å²) in [5.41, 5.74) is 0.866.